The highest BCUT2D eigenvalue weighted by Crippen LogP contribution is 2.47. The molecule has 3 aliphatic carbocycles. The fraction of sp³-hybridized carbons (Fsp3) is 0.800. The van der Waals surface area contributed by atoms with Crippen LogP contribution in [0.5, 0.6) is 0 Å². The highest BCUT2D eigenvalue weighted by Gasteiger charge is 2.36. The Morgan fingerprint density at radius 1 is 0.875 bits per heavy atom. The van der Waals surface area contributed by atoms with Crippen molar-refractivity contribution in [2.24, 2.45) is 17.8 Å². The van der Waals surface area contributed by atoms with Crippen LogP contribution in [0.3, 0.4) is 0 Å². The number of aryl methyl sites for hydroxylation is 1. The molecule has 1 aromatic carbocycles. The van der Waals surface area contributed by atoms with Crippen molar-refractivity contribution >= 4 is 0 Å². The summed E-state index contributed by atoms with van der Waals surface area (Å²) >= 11 is 0. The molecule has 0 amide bonds. The average molecular weight is 443 g/mol. The lowest BCUT2D eigenvalue weighted by Crippen LogP contribution is -2.34. The molecule has 1 nitrogen and oxygen atoms in total. The summed E-state index contributed by atoms with van der Waals surface area (Å²) in [6.45, 7) is 5.48. The Hall–Kier alpha value is -0.890. The van der Waals surface area contributed by atoms with Gasteiger partial charge in [0.2, 0.25) is 0 Å². The van der Waals surface area contributed by atoms with Gasteiger partial charge in [0.1, 0.15) is 5.82 Å². The SMILES string of the molecule is CCCCCCOC1CCC2CC(c3cc(F)c4c(c3)CCC(CCCC)C4)CCC2C1. The van der Waals surface area contributed by atoms with Crippen LogP contribution >= 0.6 is 0 Å². The lowest BCUT2D eigenvalue weighted by atomic mass is 9.65. The van der Waals surface area contributed by atoms with Gasteiger partial charge in [0.05, 0.1) is 6.10 Å². The van der Waals surface area contributed by atoms with Gasteiger partial charge in [-0.1, -0.05) is 58.4 Å². The molecule has 1 aromatic rings. The first-order valence-corrected chi connectivity index (χ1v) is 14.1. The van der Waals surface area contributed by atoms with Crippen molar-refractivity contribution < 1.29 is 9.13 Å². The minimum atomic E-state index is 0.0982. The molecule has 2 heteroatoms. The lowest BCUT2D eigenvalue weighted by molar-refractivity contribution is -0.0163. The number of hydrogen-bond acceptors (Lipinski definition) is 1. The molecular weight excluding hydrogens is 395 g/mol. The summed E-state index contributed by atoms with van der Waals surface area (Å²) in [6.07, 6.45) is 20.4. The zero-order valence-corrected chi connectivity index (χ0v) is 20.8. The third kappa shape index (κ3) is 6.16. The Kier molecular flexibility index (Phi) is 9.09. The van der Waals surface area contributed by atoms with Crippen LogP contribution in [-0.2, 0) is 17.6 Å². The Morgan fingerprint density at radius 2 is 1.69 bits per heavy atom. The number of unbranched alkanes of at least 4 members (excludes halogenated alkanes) is 4. The smallest absolute Gasteiger partial charge is 0.126 e. The van der Waals surface area contributed by atoms with Crippen molar-refractivity contribution in [1.82, 2.24) is 0 Å². The molecule has 0 saturated heterocycles. The quantitative estimate of drug-likeness (QED) is 0.329. The van der Waals surface area contributed by atoms with Gasteiger partial charge in [-0.05, 0) is 111 Å². The first-order chi connectivity index (χ1) is 15.7. The van der Waals surface area contributed by atoms with E-state index in [-0.39, 0.29) is 5.82 Å². The maximum absolute atomic E-state index is 15.1. The predicted molar refractivity (Wildman–Crippen MR) is 133 cm³/mol. The summed E-state index contributed by atoms with van der Waals surface area (Å²) in [5.74, 6) is 3.03. The van der Waals surface area contributed by atoms with E-state index in [0.717, 1.165) is 36.8 Å². The molecule has 2 saturated carbocycles. The van der Waals surface area contributed by atoms with Crippen molar-refractivity contribution in [2.75, 3.05) is 6.61 Å². The van der Waals surface area contributed by atoms with Crippen molar-refractivity contribution in [3.63, 3.8) is 0 Å². The molecule has 5 atom stereocenters. The number of fused-ring (bicyclic) bond motifs is 2. The summed E-state index contributed by atoms with van der Waals surface area (Å²) in [7, 11) is 0. The molecule has 180 valence electrons. The zero-order valence-electron chi connectivity index (χ0n) is 20.8. The molecule has 0 spiro atoms. The van der Waals surface area contributed by atoms with Gasteiger partial charge in [-0.15, -0.1) is 0 Å². The Balaban J connectivity index is 1.29. The molecule has 0 radical (unpaired) electrons. The van der Waals surface area contributed by atoms with Gasteiger partial charge in [-0.25, -0.2) is 4.39 Å². The normalized spacial score (nSPS) is 30.0. The number of ether oxygens (including phenoxy) is 1. The second kappa shape index (κ2) is 12.0. The van der Waals surface area contributed by atoms with E-state index >= 15 is 4.39 Å². The molecule has 2 fully saturated rings. The topological polar surface area (TPSA) is 9.23 Å². The maximum atomic E-state index is 15.1. The van der Waals surface area contributed by atoms with Crippen molar-refractivity contribution in [3.05, 3.63) is 34.6 Å². The number of rotatable bonds is 10. The van der Waals surface area contributed by atoms with Crippen molar-refractivity contribution in [2.45, 2.75) is 129 Å². The predicted octanol–water partition coefficient (Wildman–Crippen LogP) is 8.77. The van der Waals surface area contributed by atoms with Crippen LogP contribution < -0.4 is 0 Å². The van der Waals surface area contributed by atoms with E-state index in [2.05, 4.69) is 19.9 Å². The van der Waals surface area contributed by atoms with Crippen LogP contribution in [0.15, 0.2) is 12.1 Å². The fourth-order valence-corrected chi connectivity index (χ4v) is 6.97. The largest absolute Gasteiger partial charge is 0.378 e. The standard InChI is InChI=1S/C30H47FO/c1-3-5-7-8-16-32-28-15-14-23-18-24(12-13-25(23)20-28)27-19-26-11-10-22(9-6-4-2)17-29(26)30(31)21-27/h19,21-25,28H,3-18,20H2,1-2H3. The van der Waals surface area contributed by atoms with E-state index in [1.165, 1.54) is 101 Å². The van der Waals surface area contributed by atoms with Gasteiger partial charge in [0.15, 0.2) is 0 Å². The first-order valence-electron chi connectivity index (χ1n) is 14.1. The summed E-state index contributed by atoms with van der Waals surface area (Å²) in [4.78, 5) is 0. The van der Waals surface area contributed by atoms with Gasteiger partial charge in [0, 0.05) is 6.61 Å². The molecule has 0 bridgehead atoms. The van der Waals surface area contributed by atoms with E-state index in [0.29, 0.717) is 17.9 Å². The van der Waals surface area contributed by atoms with Gasteiger partial charge >= 0.3 is 0 Å². The highest BCUT2D eigenvalue weighted by molar-refractivity contribution is 5.37. The Labute approximate surface area is 196 Å². The minimum absolute atomic E-state index is 0.0982. The van der Waals surface area contributed by atoms with E-state index in [4.69, 9.17) is 4.74 Å². The third-order valence-electron chi connectivity index (χ3n) is 8.98. The molecule has 0 aliphatic heterocycles. The summed E-state index contributed by atoms with van der Waals surface area (Å²) < 4.78 is 21.4. The molecular formula is C30H47FO. The number of halogens is 1. The van der Waals surface area contributed by atoms with Gasteiger partial charge in [0.25, 0.3) is 0 Å². The van der Waals surface area contributed by atoms with E-state index < -0.39 is 0 Å². The van der Waals surface area contributed by atoms with Crippen molar-refractivity contribution in [1.29, 1.82) is 0 Å². The first kappa shape index (κ1) is 24.2. The number of hydrogen-bond donors (Lipinski definition) is 0. The van der Waals surface area contributed by atoms with Crippen LogP contribution in [-0.4, -0.2) is 12.7 Å². The summed E-state index contributed by atoms with van der Waals surface area (Å²) in [6, 6.07) is 4.33. The maximum Gasteiger partial charge on any atom is 0.126 e. The monoisotopic (exact) mass is 442 g/mol. The second-order valence-electron chi connectivity index (χ2n) is 11.3. The Morgan fingerprint density at radius 3 is 2.53 bits per heavy atom. The Bertz CT molecular complexity index is 713. The van der Waals surface area contributed by atoms with Crippen molar-refractivity contribution in [3.8, 4) is 0 Å². The van der Waals surface area contributed by atoms with E-state index in [1.54, 1.807) is 0 Å². The fourth-order valence-electron chi connectivity index (χ4n) is 6.97. The summed E-state index contributed by atoms with van der Waals surface area (Å²) in [5, 5.41) is 0. The number of benzene rings is 1. The van der Waals surface area contributed by atoms with Crippen LogP contribution in [0.25, 0.3) is 0 Å². The minimum Gasteiger partial charge on any atom is -0.378 e. The second-order valence-corrected chi connectivity index (χ2v) is 11.3. The van der Waals surface area contributed by atoms with Crippen LogP contribution in [0.4, 0.5) is 4.39 Å². The molecule has 0 heterocycles. The molecule has 5 unspecified atom stereocenters. The van der Waals surface area contributed by atoms with Crippen LogP contribution in [0.1, 0.15) is 126 Å². The van der Waals surface area contributed by atoms with E-state index in [9.17, 15) is 0 Å². The molecule has 32 heavy (non-hydrogen) atoms. The van der Waals surface area contributed by atoms with Gasteiger partial charge in [-0.3, -0.25) is 0 Å². The van der Waals surface area contributed by atoms with Crippen LogP contribution in [0.2, 0.25) is 0 Å². The lowest BCUT2D eigenvalue weighted by Gasteiger charge is -2.42. The third-order valence-corrected chi connectivity index (χ3v) is 8.98. The molecule has 0 N–H and O–H groups in total. The molecule has 0 aromatic heterocycles. The van der Waals surface area contributed by atoms with Crippen LogP contribution in [0, 0.1) is 23.6 Å². The van der Waals surface area contributed by atoms with Gasteiger partial charge in [-0.2, -0.15) is 0 Å². The zero-order chi connectivity index (χ0) is 22.3. The van der Waals surface area contributed by atoms with Gasteiger partial charge < -0.3 is 4.74 Å². The molecule has 3 aliphatic rings. The summed E-state index contributed by atoms with van der Waals surface area (Å²) in [5.41, 5.74) is 3.68. The average Bonchev–Trinajstić information content (AvgIpc) is 2.82. The van der Waals surface area contributed by atoms with E-state index in [1.807, 2.05) is 6.07 Å². The highest BCUT2D eigenvalue weighted by atomic mass is 19.1. The molecule has 4 rings (SSSR count).